The molecule has 1 aliphatic heterocycles. The molecule has 1 fully saturated rings. The Balaban J connectivity index is 0.00000220. The van der Waals surface area contributed by atoms with E-state index in [9.17, 15) is 4.79 Å². The van der Waals surface area contributed by atoms with Gasteiger partial charge >= 0.3 is 0 Å². The average Bonchev–Trinajstić information content (AvgIpc) is 2.84. The minimum atomic E-state index is 0. The van der Waals surface area contributed by atoms with Crippen LogP contribution in [-0.2, 0) is 11.2 Å². The van der Waals surface area contributed by atoms with E-state index in [4.69, 9.17) is 10.3 Å². The molecule has 0 aliphatic carbocycles. The molecule has 7 heteroatoms. The fourth-order valence-corrected chi connectivity index (χ4v) is 2.79. The number of carbonyl (C=O) groups is 1. The van der Waals surface area contributed by atoms with E-state index in [1.807, 2.05) is 11.8 Å². The van der Waals surface area contributed by atoms with E-state index >= 15 is 0 Å². The second-order valence-electron chi connectivity index (χ2n) is 5.60. The Morgan fingerprint density at radius 1 is 1.52 bits per heavy atom. The Bertz CT molecular complexity index is 450. The van der Waals surface area contributed by atoms with Gasteiger partial charge in [0.15, 0.2) is 5.82 Å². The maximum Gasteiger partial charge on any atom is 0.226 e. The number of nitrogens with zero attached hydrogens (tertiary/aromatic N) is 3. The molecule has 1 saturated heterocycles. The SMILES string of the molecule is Cc1noc(CCCC(=O)N2CCCCC2C(C)N)n1.Cl. The zero-order valence-electron chi connectivity index (χ0n) is 12.7. The molecule has 2 N–H and O–H groups in total. The van der Waals surface area contributed by atoms with Crippen LogP contribution < -0.4 is 5.73 Å². The van der Waals surface area contributed by atoms with Gasteiger partial charge in [-0.1, -0.05) is 5.16 Å². The molecule has 6 nitrogen and oxygen atoms in total. The Morgan fingerprint density at radius 3 is 2.90 bits per heavy atom. The van der Waals surface area contributed by atoms with Crippen molar-refractivity contribution >= 4 is 18.3 Å². The van der Waals surface area contributed by atoms with Gasteiger partial charge < -0.3 is 15.2 Å². The number of carbonyl (C=O) groups excluding carboxylic acids is 1. The van der Waals surface area contributed by atoms with Crippen LogP contribution in [0, 0.1) is 6.92 Å². The van der Waals surface area contributed by atoms with E-state index in [-0.39, 0.29) is 30.4 Å². The predicted molar refractivity (Wildman–Crippen MR) is 82.2 cm³/mol. The summed E-state index contributed by atoms with van der Waals surface area (Å²) in [5.41, 5.74) is 5.99. The van der Waals surface area contributed by atoms with Gasteiger partial charge in [-0.15, -0.1) is 12.4 Å². The lowest BCUT2D eigenvalue weighted by atomic mass is 9.96. The van der Waals surface area contributed by atoms with Crippen LogP contribution in [0.5, 0.6) is 0 Å². The summed E-state index contributed by atoms with van der Waals surface area (Å²) in [5.74, 6) is 1.44. The van der Waals surface area contributed by atoms with Gasteiger partial charge in [-0.25, -0.2) is 0 Å². The van der Waals surface area contributed by atoms with Gasteiger partial charge in [-0.2, -0.15) is 4.98 Å². The van der Waals surface area contributed by atoms with Gasteiger partial charge in [0.25, 0.3) is 0 Å². The number of nitrogens with two attached hydrogens (primary N) is 1. The summed E-state index contributed by atoms with van der Waals surface area (Å²) < 4.78 is 5.04. The highest BCUT2D eigenvalue weighted by Crippen LogP contribution is 2.20. The molecule has 2 rings (SSSR count). The van der Waals surface area contributed by atoms with Crippen molar-refractivity contribution in [1.82, 2.24) is 15.0 Å². The van der Waals surface area contributed by atoms with Crippen molar-refractivity contribution in [1.29, 1.82) is 0 Å². The number of hydrogen-bond donors (Lipinski definition) is 1. The summed E-state index contributed by atoms with van der Waals surface area (Å²) in [6.45, 7) is 4.61. The van der Waals surface area contributed by atoms with Crippen LogP contribution in [0.15, 0.2) is 4.52 Å². The molecule has 1 amide bonds. The number of likely N-dealkylation sites (tertiary alicyclic amines) is 1. The van der Waals surface area contributed by atoms with E-state index in [1.165, 1.54) is 0 Å². The number of aromatic nitrogens is 2. The number of halogens is 1. The van der Waals surface area contributed by atoms with Gasteiger partial charge in [0.05, 0.1) is 0 Å². The molecule has 2 unspecified atom stereocenters. The van der Waals surface area contributed by atoms with E-state index in [2.05, 4.69) is 10.1 Å². The van der Waals surface area contributed by atoms with E-state index < -0.39 is 0 Å². The van der Waals surface area contributed by atoms with Crippen LogP contribution in [0.1, 0.15) is 50.7 Å². The summed E-state index contributed by atoms with van der Waals surface area (Å²) in [5, 5.41) is 3.74. The second kappa shape index (κ2) is 8.34. The molecule has 0 aromatic carbocycles. The summed E-state index contributed by atoms with van der Waals surface area (Å²) in [4.78, 5) is 18.4. The maximum atomic E-state index is 12.3. The van der Waals surface area contributed by atoms with Gasteiger partial charge in [-0.05, 0) is 39.5 Å². The predicted octanol–water partition coefficient (Wildman–Crippen LogP) is 1.85. The number of rotatable bonds is 5. The van der Waals surface area contributed by atoms with E-state index in [1.54, 1.807) is 6.92 Å². The Labute approximate surface area is 131 Å². The number of aryl methyl sites for hydroxylation is 2. The van der Waals surface area contributed by atoms with Crippen LogP contribution in [-0.4, -0.2) is 39.6 Å². The van der Waals surface area contributed by atoms with Gasteiger partial charge in [0, 0.05) is 31.5 Å². The standard InChI is InChI=1S/C14H24N4O2.ClH/c1-10(15)12-6-3-4-9-18(12)14(19)8-5-7-13-16-11(2)17-20-13;/h10,12H,3-9,15H2,1-2H3;1H. The molecule has 0 bridgehead atoms. The lowest BCUT2D eigenvalue weighted by Crippen LogP contribution is -2.51. The maximum absolute atomic E-state index is 12.3. The van der Waals surface area contributed by atoms with Crippen molar-refractivity contribution in [3.63, 3.8) is 0 Å². The summed E-state index contributed by atoms with van der Waals surface area (Å²) in [6.07, 6.45) is 5.18. The summed E-state index contributed by atoms with van der Waals surface area (Å²) >= 11 is 0. The van der Waals surface area contributed by atoms with Crippen molar-refractivity contribution in [2.24, 2.45) is 5.73 Å². The van der Waals surface area contributed by atoms with Crippen molar-refractivity contribution < 1.29 is 9.32 Å². The molecule has 2 heterocycles. The smallest absolute Gasteiger partial charge is 0.226 e. The molecule has 1 aliphatic rings. The van der Waals surface area contributed by atoms with Gasteiger partial charge in [-0.3, -0.25) is 4.79 Å². The summed E-state index contributed by atoms with van der Waals surface area (Å²) in [7, 11) is 0. The van der Waals surface area contributed by atoms with Crippen molar-refractivity contribution in [3.8, 4) is 0 Å². The van der Waals surface area contributed by atoms with E-state index in [0.29, 0.717) is 24.6 Å². The highest BCUT2D eigenvalue weighted by atomic mass is 35.5. The lowest BCUT2D eigenvalue weighted by molar-refractivity contribution is -0.135. The molecule has 0 radical (unpaired) electrons. The first-order valence-electron chi connectivity index (χ1n) is 7.42. The van der Waals surface area contributed by atoms with Crippen LogP contribution in [0.2, 0.25) is 0 Å². The molecule has 2 atom stereocenters. The minimum Gasteiger partial charge on any atom is -0.339 e. The molecule has 0 saturated carbocycles. The quantitative estimate of drug-likeness (QED) is 0.896. The molecule has 21 heavy (non-hydrogen) atoms. The molecule has 0 spiro atoms. The van der Waals surface area contributed by atoms with Gasteiger partial charge in [0.2, 0.25) is 11.8 Å². The first-order chi connectivity index (χ1) is 9.58. The average molecular weight is 317 g/mol. The highest BCUT2D eigenvalue weighted by Gasteiger charge is 2.28. The third kappa shape index (κ3) is 4.97. The largest absolute Gasteiger partial charge is 0.339 e. The monoisotopic (exact) mass is 316 g/mol. The van der Waals surface area contributed by atoms with E-state index in [0.717, 1.165) is 32.2 Å². The normalized spacial score (nSPS) is 20.0. The fourth-order valence-electron chi connectivity index (χ4n) is 2.79. The van der Waals surface area contributed by atoms with Crippen LogP contribution in [0.4, 0.5) is 0 Å². The first kappa shape index (κ1) is 17.9. The van der Waals surface area contributed by atoms with Crippen molar-refractivity contribution in [2.45, 2.75) is 64.5 Å². The van der Waals surface area contributed by atoms with Crippen molar-refractivity contribution in [3.05, 3.63) is 11.7 Å². The zero-order valence-corrected chi connectivity index (χ0v) is 13.6. The summed E-state index contributed by atoms with van der Waals surface area (Å²) in [6, 6.07) is 0.236. The highest BCUT2D eigenvalue weighted by molar-refractivity contribution is 5.85. The molecule has 1 aromatic rings. The number of piperidine rings is 1. The van der Waals surface area contributed by atoms with Gasteiger partial charge in [0.1, 0.15) is 0 Å². The Kier molecular flexibility index (Phi) is 7.11. The molecular weight excluding hydrogens is 292 g/mol. The van der Waals surface area contributed by atoms with Crippen LogP contribution >= 0.6 is 12.4 Å². The number of hydrogen-bond acceptors (Lipinski definition) is 5. The Hall–Kier alpha value is -1.14. The number of amides is 1. The van der Waals surface area contributed by atoms with Crippen molar-refractivity contribution in [2.75, 3.05) is 6.54 Å². The molecule has 1 aromatic heterocycles. The fraction of sp³-hybridized carbons (Fsp3) is 0.786. The molecular formula is C14H25ClN4O2. The van der Waals surface area contributed by atoms with Crippen LogP contribution in [0.25, 0.3) is 0 Å². The third-order valence-corrected chi connectivity index (χ3v) is 3.83. The minimum absolute atomic E-state index is 0. The second-order valence-corrected chi connectivity index (χ2v) is 5.60. The third-order valence-electron chi connectivity index (χ3n) is 3.83. The topological polar surface area (TPSA) is 85.2 Å². The Morgan fingerprint density at radius 2 is 2.29 bits per heavy atom. The zero-order chi connectivity index (χ0) is 14.5. The first-order valence-corrected chi connectivity index (χ1v) is 7.42. The molecule has 120 valence electrons. The van der Waals surface area contributed by atoms with Crippen LogP contribution in [0.3, 0.4) is 0 Å². The lowest BCUT2D eigenvalue weighted by Gasteiger charge is -2.38.